The largest absolute Gasteiger partial charge is 0.369 e. The summed E-state index contributed by atoms with van der Waals surface area (Å²) < 4.78 is 0. The van der Waals surface area contributed by atoms with E-state index >= 15 is 9.59 Å². The van der Waals surface area contributed by atoms with Gasteiger partial charge in [-0.1, -0.05) is 245 Å². The topological polar surface area (TPSA) is 109 Å². The number of nitrogens with zero attached hydrogens (tertiary/aromatic N) is 4. The fourth-order valence-electron chi connectivity index (χ4n) is 12.1. The molecule has 1 aliphatic carbocycles. The average Bonchev–Trinajstić information content (AvgIpc) is 4.01. The normalized spacial score (nSPS) is 12.3. The van der Waals surface area contributed by atoms with Gasteiger partial charge in [0.1, 0.15) is 11.4 Å². The highest BCUT2D eigenvalue weighted by molar-refractivity contribution is 5.97. The molecule has 2 aromatic carbocycles. The van der Waals surface area contributed by atoms with Crippen molar-refractivity contribution in [2.45, 2.75) is 265 Å². The van der Waals surface area contributed by atoms with Crippen molar-refractivity contribution in [2.75, 3.05) is 57.3 Å². The van der Waals surface area contributed by atoms with Gasteiger partial charge in [-0.2, -0.15) is 0 Å². The van der Waals surface area contributed by atoms with Gasteiger partial charge in [0.2, 0.25) is 0 Å². The number of aromatic nitrogens is 1. The number of nitrogens with two attached hydrogens (primary N) is 2. The first-order chi connectivity index (χ1) is 38.2. The number of benzene rings is 2. The monoisotopic (exact) mass is 1070 g/mol. The lowest BCUT2D eigenvalue weighted by Crippen LogP contribution is -2.36. The average molecular weight is 1070 g/mol. The molecule has 0 radical (unpaired) electrons. The van der Waals surface area contributed by atoms with Crippen LogP contribution in [0.25, 0.3) is 11.1 Å². The van der Waals surface area contributed by atoms with E-state index in [1.165, 1.54) is 182 Å². The van der Waals surface area contributed by atoms with Crippen LogP contribution in [-0.2, 0) is 5.41 Å². The van der Waals surface area contributed by atoms with E-state index in [-0.39, 0.29) is 17.2 Å². The van der Waals surface area contributed by atoms with Gasteiger partial charge in [0.05, 0.1) is 0 Å². The fraction of sp³-hybridized carbons (Fsp3) is 0.700. The van der Waals surface area contributed by atoms with Crippen molar-refractivity contribution < 1.29 is 9.59 Å². The van der Waals surface area contributed by atoms with Crippen molar-refractivity contribution in [1.82, 2.24) is 14.8 Å². The van der Waals surface area contributed by atoms with Crippen molar-refractivity contribution >= 4 is 17.5 Å². The van der Waals surface area contributed by atoms with Crippen LogP contribution in [0.1, 0.15) is 303 Å². The Balaban J connectivity index is 1.85. The molecule has 0 unspecified atom stereocenters. The summed E-state index contributed by atoms with van der Waals surface area (Å²) in [5, 5.41) is 0. The number of rotatable bonds is 45. The highest BCUT2D eigenvalue weighted by Crippen LogP contribution is 2.55. The predicted octanol–water partition coefficient (Wildman–Crippen LogP) is 17.7. The van der Waals surface area contributed by atoms with Gasteiger partial charge in [-0.05, 0) is 97.2 Å². The quantitative estimate of drug-likeness (QED) is 0.0431. The Hall–Kier alpha value is -4.19. The summed E-state index contributed by atoms with van der Waals surface area (Å²) in [4.78, 5) is 41.5. The second-order valence-electron chi connectivity index (χ2n) is 23.3. The third-order valence-corrected chi connectivity index (χ3v) is 16.7. The zero-order chi connectivity index (χ0) is 56.1. The molecule has 8 nitrogen and oxygen atoms in total. The predicted molar refractivity (Wildman–Crippen MR) is 336 cm³/mol. The van der Waals surface area contributed by atoms with Crippen LogP contribution >= 0.6 is 0 Å². The van der Waals surface area contributed by atoms with E-state index in [2.05, 4.69) is 94.7 Å². The van der Waals surface area contributed by atoms with Gasteiger partial charge >= 0.3 is 0 Å². The highest BCUT2D eigenvalue weighted by Gasteiger charge is 2.43. The molecule has 3 aromatic rings. The third-order valence-electron chi connectivity index (χ3n) is 16.7. The molecule has 2 amide bonds. The van der Waals surface area contributed by atoms with Gasteiger partial charge in [0, 0.05) is 74.6 Å². The molecule has 0 fully saturated rings. The summed E-state index contributed by atoms with van der Waals surface area (Å²) in [5.41, 5.74) is 21.2. The molecule has 0 saturated carbocycles. The van der Waals surface area contributed by atoms with E-state index in [0.29, 0.717) is 56.2 Å². The van der Waals surface area contributed by atoms with E-state index in [1.54, 1.807) is 0 Å². The molecule has 78 heavy (non-hydrogen) atoms. The second kappa shape index (κ2) is 40.1. The minimum absolute atomic E-state index is 0.0738. The Morgan fingerprint density at radius 1 is 0.410 bits per heavy atom. The molecule has 0 saturated heterocycles. The van der Waals surface area contributed by atoms with Gasteiger partial charge in [0.15, 0.2) is 0 Å². The van der Waals surface area contributed by atoms with Crippen LogP contribution in [0.4, 0.5) is 5.69 Å². The number of fused-ring (bicyclic) bond motifs is 3. The first-order valence-corrected chi connectivity index (χ1v) is 32.8. The maximum absolute atomic E-state index is 15.0. The zero-order valence-electron chi connectivity index (χ0n) is 51.1. The third kappa shape index (κ3) is 22.4. The van der Waals surface area contributed by atoms with Crippen LogP contribution in [-0.4, -0.2) is 79.0 Å². The maximum atomic E-state index is 15.0. The molecule has 0 spiro atoms. The lowest BCUT2D eigenvalue weighted by Gasteiger charge is -2.34. The van der Waals surface area contributed by atoms with E-state index in [9.17, 15) is 0 Å². The summed E-state index contributed by atoms with van der Waals surface area (Å²) in [6.07, 6.45) is 39.8. The molecule has 0 bridgehead atoms. The minimum Gasteiger partial charge on any atom is -0.369 e. The summed E-state index contributed by atoms with van der Waals surface area (Å²) in [6.45, 7) is 19.2. The van der Waals surface area contributed by atoms with Crippen molar-refractivity contribution in [3.63, 3.8) is 0 Å². The SMILES string of the molecule is CCCCCCCCN(CCCCCCCC)C(=O)c1cc(C#Cc2ccc3c(c2)C(CCCCCC)(CCCCCC)c2cc(N(CCN)CCN)ccc2-3)cc(C(=O)N(CCCCCCCC)CCCCCCCC)n1. The summed E-state index contributed by atoms with van der Waals surface area (Å²) in [5.74, 6) is 7.05. The van der Waals surface area contributed by atoms with E-state index < -0.39 is 0 Å². The number of unbranched alkanes of at least 4 members (excludes halogenated alkanes) is 26. The first-order valence-electron chi connectivity index (χ1n) is 32.8. The van der Waals surface area contributed by atoms with Gasteiger partial charge in [-0.25, -0.2) is 4.98 Å². The summed E-state index contributed by atoms with van der Waals surface area (Å²) >= 11 is 0. The standard InChI is InChI=1S/C70H114N6O2/c1-7-13-19-25-29-35-49-75(50-36-30-26-20-14-8-2)68(77)66-56-60(57-67(73-66)69(78)76(51-37-31-27-21-15-9-3)52-38-32-28-22-16-10-4)40-39-59-41-43-62-63-44-42-61(74(53-47-71)54-48-72)58-65(63)70(64(62)55-59,45-33-23-17-11-5)46-34-24-18-12-6/h41-44,55-58H,7-38,45-54,71-72H2,1-6H3. The van der Waals surface area contributed by atoms with Crippen molar-refractivity contribution in [3.05, 3.63) is 82.2 Å². The van der Waals surface area contributed by atoms with E-state index in [0.717, 1.165) is 82.9 Å². The van der Waals surface area contributed by atoms with E-state index in [4.69, 9.17) is 16.5 Å². The molecular formula is C70H114N6O2. The minimum atomic E-state index is -0.141. The van der Waals surface area contributed by atoms with Crippen molar-refractivity contribution in [1.29, 1.82) is 0 Å². The number of hydrogen-bond donors (Lipinski definition) is 2. The molecular weight excluding hydrogens is 957 g/mol. The van der Waals surface area contributed by atoms with Crippen molar-refractivity contribution in [2.24, 2.45) is 11.5 Å². The molecule has 0 aliphatic heterocycles. The maximum Gasteiger partial charge on any atom is 0.272 e. The lowest BCUT2D eigenvalue weighted by atomic mass is 9.70. The van der Waals surface area contributed by atoms with Crippen LogP contribution in [0.15, 0.2) is 48.5 Å². The second-order valence-corrected chi connectivity index (χ2v) is 23.3. The molecule has 436 valence electrons. The molecule has 1 aliphatic rings. The molecule has 4 N–H and O–H groups in total. The molecule has 8 heteroatoms. The molecule has 1 aromatic heterocycles. The Kier molecular flexibility index (Phi) is 34.1. The Bertz CT molecular complexity index is 2060. The van der Waals surface area contributed by atoms with Crippen LogP contribution in [0.3, 0.4) is 0 Å². The van der Waals surface area contributed by atoms with Gasteiger partial charge in [-0.15, -0.1) is 0 Å². The van der Waals surface area contributed by atoms with Crippen molar-refractivity contribution in [3.8, 4) is 23.0 Å². The molecule has 0 atom stereocenters. The van der Waals surface area contributed by atoms with Gasteiger partial charge in [0.25, 0.3) is 11.8 Å². The summed E-state index contributed by atoms with van der Waals surface area (Å²) in [6, 6.07) is 17.8. The molecule has 4 rings (SSSR count). The number of hydrogen-bond acceptors (Lipinski definition) is 6. The Labute approximate surface area is 478 Å². The van der Waals surface area contributed by atoms with Gasteiger partial charge in [-0.3, -0.25) is 9.59 Å². The van der Waals surface area contributed by atoms with Crippen LogP contribution in [0.5, 0.6) is 0 Å². The Morgan fingerprint density at radius 2 is 0.756 bits per heavy atom. The van der Waals surface area contributed by atoms with E-state index in [1.807, 2.05) is 21.9 Å². The lowest BCUT2D eigenvalue weighted by molar-refractivity contribution is 0.0735. The number of amides is 2. The van der Waals surface area contributed by atoms with Crippen LogP contribution in [0, 0.1) is 11.8 Å². The first kappa shape index (κ1) is 66.3. The Morgan fingerprint density at radius 3 is 1.15 bits per heavy atom. The number of pyridine rings is 1. The highest BCUT2D eigenvalue weighted by atomic mass is 16.2. The molecule has 1 heterocycles. The smallest absolute Gasteiger partial charge is 0.272 e. The van der Waals surface area contributed by atoms with Gasteiger partial charge < -0.3 is 26.2 Å². The number of carbonyl (C=O) groups excluding carboxylic acids is 2. The number of anilines is 1. The fourth-order valence-corrected chi connectivity index (χ4v) is 12.1. The summed E-state index contributed by atoms with van der Waals surface area (Å²) in [7, 11) is 0. The van der Waals surface area contributed by atoms with Crippen LogP contribution in [0.2, 0.25) is 0 Å². The number of carbonyl (C=O) groups is 2. The van der Waals surface area contributed by atoms with Crippen LogP contribution < -0.4 is 16.4 Å². The zero-order valence-corrected chi connectivity index (χ0v) is 51.1.